The Kier molecular flexibility index (Phi) is 4.72. The molecule has 0 saturated heterocycles. The second-order valence-electron chi connectivity index (χ2n) is 4.65. The molecule has 0 spiro atoms. The van der Waals surface area contributed by atoms with Crippen LogP contribution >= 0.6 is 11.6 Å². The van der Waals surface area contributed by atoms with Crippen LogP contribution in [0.25, 0.3) is 0 Å². The van der Waals surface area contributed by atoms with E-state index in [1.165, 1.54) is 0 Å². The summed E-state index contributed by atoms with van der Waals surface area (Å²) in [6.07, 6.45) is 0. The molecule has 1 unspecified atom stereocenters. The number of nitrogens with one attached hydrogen (secondary N) is 2. The molecule has 4 N–H and O–H groups in total. The zero-order valence-corrected chi connectivity index (χ0v) is 12.9. The van der Waals surface area contributed by atoms with Crippen LogP contribution in [0.1, 0.15) is 18.5 Å². The van der Waals surface area contributed by atoms with E-state index < -0.39 is 10.2 Å². The Morgan fingerprint density at radius 3 is 2.33 bits per heavy atom. The average Bonchev–Trinajstić information content (AvgIpc) is 2.37. The Balaban J connectivity index is 2.12. The minimum absolute atomic E-state index is 0.0481. The van der Waals surface area contributed by atoms with Crippen LogP contribution in [-0.4, -0.2) is 8.42 Å². The van der Waals surface area contributed by atoms with Crippen LogP contribution in [0.2, 0.25) is 5.02 Å². The molecule has 0 fully saturated rings. The molecule has 1 atom stereocenters. The Morgan fingerprint density at radius 1 is 1.10 bits per heavy atom. The molecule has 0 aromatic heterocycles. The van der Waals surface area contributed by atoms with Crippen molar-refractivity contribution in [3.05, 3.63) is 59.1 Å². The third kappa shape index (κ3) is 4.93. The van der Waals surface area contributed by atoms with Gasteiger partial charge in [-0.3, -0.25) is 4.72 Å². The Morgan fingerprint density at radius 2 is 1.71 bits per heavy atom. The lowest BCUT2D eigenvalue weighted by Crippen LogP contribution is -2.21. The van der Waals surface area contributed by atoms with Crippen LogP contribution in [0.4, 0.5) is 11.4 Å². The number of hydrogen-bond donors (Lipinski definition) is 3. The van der Waals surface area contributed by atoms with E-state index in [4.69, 9.17) is 16.7 Å². The Labute approximate surface area is 129 Å². The van der Waals surface area contributed by atoms with Crippen LogP contribution < -0.4 is 15.2 Å². The third-order valence-electron chi connectivity index (χ3n) is 2.88. The molecule has 0 amide bonds. The van der Waals surface area contributed by atoms with Crippen molar-refractivity contribution in [2.75, 3.05) is 10.0 Å². The molecule has 5 nitrogen and oxygen atoms in total. The number of halogens is 1. The fourth-order valence-corrected chi connectivity index (χ4v) is 2.50. The van der Waals surface area contributed by atoms with Crippen LogP contribution in [0.3, 0.4) is 0 Å². The summed E-state index contributed by atoms with van der Waals surface area (Å²) in [7, 11) is -3.77. The second-order valence-corrected chi connectivity index (χ2v) is 6.38. The first-order chi connectivity index (χ1) is 9.83. The van der Waals surface area contributed by atoms with Crippen molar-refractivity contribution in [2.45, 2.75) is 13.0 Å². The molecule has 112 valence electrons. The summed E-state index contributed by atoms with van der Waals surface area (Å²) in [6.45, 7) is 2.00. The number of rotatable bonds is 5. The highest BCUT2D eigenvalue weighted by Gasteiger charge is 2.07. The minimum atomic E-state index is -3.77. The van der Waals surface area contributed by atoms with Crippen molar-refractivity contribution >= 4 is 33.2 Å². The normalized spacial score (nSPS) is 12.7. The average molecular weight is 326 g/mol. The lowest BCUT2D eigenvalue weighted by Gasteiger charge is -2.16. The maximum Gasteiger partial charge on any atom is 0.296 e. The largest absolute Gasteiger partial charge is 0.378 e. The fraction of sp³-hybridized carbons (Fsp3) is 0.143. The van der Waals surface area contributed by atoms with Gasteiger partial charge >= 0.3 is 0 Å². The van der Waals surface area contributed by atoms with E-state index in [0.717, 1.165) is 11.3 Å². The van der Waals surface area contributed by atoms with E-state index in [9.17, 15) is 8.42 Å². The first kappa shape index (κ1) is 15.6. The first-order valence-electron chi connectivity index (χ1n) is 6.26. The Hall–Kier alpha value is -1.76. The number of benzene rings is 2. The minimum Gasteiger partial charge on any atom is -0.378 e. The fourth-order valence-electron chi connectivity index (χ4n) is 1.92. The van der Waals surface area contributed by atoms with Gasteiger partial charge in [-0.25, -0.2) is 5.14 Å². The van der Waals surface area contributed by atoms with Gasteiger partial charge in [-0.2, -0.15) is 8.42 Å². The van der Waals surface area contributed by atoms with Crippen molar-refractivity contribution in [3.8, 4) is 0 Å². The third-order valence-corrected chi connectivity index (χ3v) is 3.65. The SMILES string of the molecule is CC(Nc1cccc(NS(N)(=O)=O)c1)c1ccc(Cl)cc1. The van der Waals surface area contributed by atoms with Gasteiger partial charge in [0.1, 0.15) is 0 Å². The number of nitrogens with two attached hydrogens (primary N) is 1. The molecule has 0 saturated carbocycles. The highest BCUT2D eigenvalue weighted by molar-refractivity contribution is 7.90. The second kappa shape index (κ2) is 6.34. The molecule has 0 aliphatic carbocycles. The van der Waals surface area contributed by atoms with E-state index in [0.29, 0.717) is 10.7 Å². The summed E-state index contributed by atoms with van der Waals surface area (Å²) in [4.78, 5) is 0. The van der Waals surface area contributed by atoms with Gasteiger partial charge in [-0.15, -0.1) is 0 Å². The summed E-state index contributed by atoms with van der Waals surface area (Å²) in [5.74, 6) is 0. The quantitative estimate of drug-likeness (QED) is 0.789. The summed E-state index contributed by atoms with van der Waals surface area (Å²) >= 11 is 5.86. The molecule has 7 heteroatoms. The van der Waals surface area contributed by atoms with E-state index in [1.807, 2.05) is 37.3 Å². The monoisotopic (exact) mass is 325 g/mol. The van der Waals surface area contributed by atoms with Crippen molar-refractivity contribution in [1.82, 2.24) is 0 Å². The summed E-state index contributed by atoms with van der Waals surface area (Å²) in [5, 5.41) is 8.92. The standard InChI is InChI=1S/C14H16ClN3O2S/c1-10(11-5-7-12(15)8-6-11)17-13-3-2-4-14(9-13)18-21(16,19)20/h2-10,17-18H,1H3,(H2,16,19,20). The molecule has 2 aromatic rings. The van der Waals surface area contributed by atoms with Gasteiger partial charge in [-0.05, 0) is 42.8 Å². The van der Waals surface area contributed by atoms with Gasteiger partial charge in [0.25, 0.3) is 10.2 Å². The summed E-state index contributed by atoms with van der Waals surface area (Å²) in [5.41, 5.74) is 2.26. The van der Waals surface area contributed by atoms with Crippen molar-refractivity contribution in [2.24, 2.45) is 5.14 Å². The first-order valence-corrected chi connectivity index (χ1v) is 8.18. The van der Waals surface area contributed by atoms with Gasteiger partial charge in [-0.1, -0.05) is 29.8 Å². The van der Waals surface area contributed by atoms with Crippen LogP contribution in [0.15, 0.2) is 48.5 Å². The molecule has 0 bridgehead atoms. The smallest absolute Gasteiger partial charge is 0.296 e. The van der Waals surface area contributed by atoms with Crippen molar-refractivity contribution in [1.29, 1.82) is 0 Å². The summed E-state index contributed by atoms with van der Waals surface area (Å²) in [6, 6.07) is 14.5. The van der Waals surface area contributed by atoms with Gasteiger partial charge in [0.2, 0.25) is 0 Å². The predicted octanol–water partition coefficient (Wildman–Crippen LogP) is 3.13. The topological polar surface area (TPSA) is 84.2 Å². The highest BCUT2D eigenvalue weighted by Crippen LogP contribution is 2.23. The zero-order valence-electron chi connectivity index (χ0n) is 11.4. The van der Waals surface area contributed by atoms with Gasteiger partial charge in [0, 0.05) is 16.8 Å². The molecule has 2 aromatic carbocycles. The maximum atomic E-state index is 11.0. The summed E-state index contributed by atoms with van der Waals surface area (Å²) < 4.78 is 24.3. The molecule has 0 heterocycles. The molecule has 0 aliphatic rings. The predicted molar refractivity (Wildman–Crippen MR) is 86.7 cm³/mol. The lowest BCUT2D eigenvalue weighted by atomic mass is 10.1. The van der Waals surface area contributed by atoms with E-state index >= 15 is 0 Å². The van der Waals surface area contributed by atoms with Crippen LogP contribution in [0.5, 0.6) is 0 Å². The number of hydrogen-bond acceptors (Lipinski definition) is 3. The number of anilines is 2. The van der Waals surface area contributed by atoms with Gasteiger partial charge in [0.15, 0.2) is 0 Å². The molecular weight excluding hydrogens is 310 g/mol. The lowest BCUT2D eigenvalue weighted by molar-refractivity contribution is 0.603. The molecule has 0 aliphatic heterocycles. The maximum absolute atomic E-state index is 11.0. The Bertz CT molecular complexity index is 717. The molecule has 2 rings (SSSR count). The highest BCUT2D eigenvalue weighted by atomic mass is 35.5. The molecule has 0 radical (unpaired) electrons. The zero-order chi connectivity index (χ0) is 15.5. The van der Waals surface area contributed by atoms with E-state index in [1.54, 1.807) is 18.2 Å². The van der Waals surface area contributed by atoms with Gasteiger partial charge in [0.05, 0.1) is 5.69 Å². The van der Waals surface area contributed by atoms with E-state index in [-0.39, 0.29) is 6.04 Å². The van der Waals surface area contributed by atoms with E-state index in [2.05, 4.69) is 10.0 Å². The molecular formula is C14H16ClN3O2S. The van der Waals surface area contributed by atoms with Crippen molar-refractivity contribution in [3.63, 3.8) is 0 Å². The van der Waals surface area contributed by atoms with Crippen LogP contribution in [-0.2, 0) is 10.2 Å². The van der Waals surface area contributed by atoms with Gasteiger partial charge < -0.3 is 5.32 Å². The van der Waals surface area contributed by atoms with Crippen LogP contribution in [0, 0.1) is 0 Å². The van der Waals surface area contributed by atoms with Crippen molar-refractivity contribution < 1.29 is 8.42 Å². The molecule has 21 heavy (non-hydrogen) atoms.